The van der Waals surface area contributed by atoms with Gasteiger partial charge in [-0.3, -0.25) is 14.0 Å². The fourth-order valence-corrected chi connectivity index (χ4v) is 3.03. The number of H-pyrrole nitrogens is 1. The summed E-state index contributed by atoms with van der Waals surface area (Å²) in [4.78, 5) is 24.3. The minimum Gasteiger partial charge on any atom is -0.332 e. The van der Waals surface area contributed by atoms with Crippen LogP contribution in [-0.2, 0) is 13.1 Å². The molecule has 25 heavy (non-hydrogen) atoms. The number of aromatic nitrogens is 6. The molecular weight excluding hydrogens is 316 g/mol. The molecule has 1 aliphatic rings. The molecule has 0 saturated heterocycles. The fraction of sp³-hybridized carbons (Fsp3) is 0.333. The normalized spacial score (nSPS) is 14.2. The van der Waals surface area contributed by atoms with Crippen LogP contribution in [0.1, 0.15) is 26.2 Å². The van der Waals surface area contributed by atoms with E-state index in [9.17, 15) is 4.79 Å². The van der Waals surface area contributed by atoms with Crippen molar-refractivity contribution in [1.29, 1.82) is 0 Å². The van der Waals surface area contributed by atoms with Crippen molar-refractivity contribution in [1.82, 2.24) is 29.3 Å². The van der Waals surface area contributed by atoms with Crippen LogP contribution in [0.2, 0.25) is 0 Å². The summed E-state index contributed by atoms with van der Waals surface area (Å²) >= 11 is 0. The maximum Gasteiger partial charge on any atom is 0.279 e. The van der Waals surface area contributed by atoms with Crippen molar-refractivity contribution in [2.45, 2.75) is 39.3 Å². The Hall–Kier alpha value is -2.96. The molecule has 0 aromatic carbocycles. The van der Waals surface area contributed by atoms with Crippen molar-refractivity contribution in [3.63, 3.8) is 0 Å². The topological polar surface area (TPSA) is 81.4 Å². The predicted molar refractivity (Wildman–Crippen MR) is 96.1 cm³/mol. The Morgan fingerprint density at radius 3 is 3.08 bits per heavy atom. The molecular formula is C18H20N6O. The Bertz CT molecular complexity index is 1020. The molecule has 3 aromatic rings. The van der Waals surface area contributed by atoms with E-state index in [2.05, 4.69) is 38.3 Å². The first-order valence-electron chi connectivity index (χ1n) is 8.57. The van der Waals surface area contributed by atoms with Crippen molar-refractivity contribution in [3.05, 3.63) is 52.9 Å². The lowest BCUT2D eigenvalue weighted by molar-refractivity contribution is 0.647. The molecule has 0 aliphatic heterocycles. The highest BCUT2D eigenvalue weighted by molar-refractivity contribution is 5.74. The van der Waals surface area contributed by atoms with Crippen LogP contribution in [0.15, 0.2) is 47.3 Å². The average Bonchev–Trinajstić information content (AvgIpc) is 3.25. The van der Waals surface area contributed by atoms with Gasteiger partial charge in [0, 0.05) is 12.7 Å². The molecule has 7 nitrogen and oxygen atoms in total. The quantitative estimate of drug-likeness (QED) is 0.776. The van der Waals surface area contributed by atoms with Crippen LogP contribution in [0, 0.1) is 0 Å². The van der Waals surface area contributed by atoms with Gasteiger partial charge in [0.2, 0.25) is 0 Å². The Morgan fingerprint density at radius 1 is 1.36 bits per heavy atom. The van der Waals surface area contributed by atoms with Gasteiger partial charge >= 0.3 is 0 Å². The number of rotatable bonds is 5. The number of aryl methyl sites for hydroxylation is 1. The van der Waals surface area contributed by atoms with Gasteiger partial charge in [0.25, 0.3) is 5.56 Å². The van der Waals surface area contributed by atoms with Crippen molar-refractivity contribution >= 4 is 11.2 Å². The first kappa shape index (κ1) is 15.6. The zero-order chi connectivity index (χ0) is 17.2. The van der Waals surface area contributed by atoms with Gasteiger partial charge in [-0.25, -0.2) is 9.97 Å². The number of imidazole rings is 1. The van der Waals surface area contributed by atoms with Gasteiger partial charge in [-0.15, -0.1) is 0 Å². The van der Waals surface area contributed by atoms with Gasteiger partial charge in [-0.05, 0) is 24.8 Å². The molecule has 0 saturated carbocycles. The Labute approximate surface area is 144 Å². The molecule has 0 radical (unpaired) electrons. The van der Waals surface area contributed by atoms with Gasteiger partial charge in [0.1, 0.15) is 12.2 Å². The number of nitrogens with one attached hydrogen (secondary N) is 1. The lowest BCUT2D eigenvalue weighted by Gasteiger charge is -2.08. The predicted octanol–water partition coefficient (Wildman–Crippen LogP) is 2.67. The van der Waals surface area contributed by atoms with E-state index < -0.39 is 0 Å². The molecule has 128 valence electrons. The van der Waals surface area contributed by atoms with E-state index >= 15 is 0 Å². The van der Waals surface area contributed by atoms with Crippen molar-refractivity contribution < 1.29 is 0 Å². The largest absolute Gasteiger partial charge is 0.332 e. The molecule has 3 heterocycles. The lowest BCUT2D eigenvalue weighted by Crippen LogP contribution is -2.20. The fourth-order valence-electron chi connectivity index (χ4n) is 3.03. The smallest absolute Gasteiger partial charge is 0.279 e. The van der Waals surface area contributed by atoms with E-state index in [4.69, 9.17) is 0 Å². The minimum absolute atomic E-state index is 0.0860. The minimum atomic E-state index is -0.0860. The highest BCUT2D eigenvalue weighted by Crippen LogP contribution is 2.19. The van der Waals surface area contributed by atoms with E-state index in [1.54, 1.807) is 17.1 Å². The highest BCUT2D eigenvalue weighted by atomic mass is 16.1. The van der Waals surface area contributed by atoms with Gasteiger partial charge < -0.3 is 4.98 Å². The molecule has 0 atom stereocenters. The van der Waals surface area contributed by atoms with Crippen molar-refractivity contribution in [2.75, 3.05) is 0 Å². The third-order valence-corrected chi connectivity index (χ3v) is 4.32. The molecule has 0 fully saturated rings. The molecule has 0 unspecified atom stereocenters. The van der Waals surface area contributed by atoms with Gasteiger partial charge in [-0.2, -0.15) is 5.10 Å². The molecule has 0 amide bonds. The van der Waals surface area contributed by atoms with Crippen LogP contribution < -0.4 is 5.56 Å². The van der Waals surface area contributed by atoms with E-state index in [0.29, 0.717) is 23.5 Å². The number of fused-ring (bicyclic) bond motifs is 1. The number of nitrogens with zero attached hydrogens (tertiary/aromatic N) is 5. The summed E-state index contributed by atoms with van der Waals surface area (Å²) in [6, 6.07) is 0. The number of hydrogen-bond acceptors (Lipinski definition) is 4. The van der Waals surface area contributed by atoms with Crippen molar-refractivity contribution in [3.8, 4) is 11.4 Å². The second-order valence-electron chi connectivity index (χ2n) is 6.25. The van der Waals surface area contributed by atoms with E-state index in [1.807, 2.05) is 17.8 Å². The molecule has 0 bridgehead atoms. The molecule has 1 aliphatic carbocycles. The summed E-state index contributed by atoms with van der Waals surface area (Å²) in [7, 11) is 0. The monoisotopic (exact) mass is 336 g/mol. The maximum atomic E-state index is 12.4. The zero-order valence-corrected chi connectivity index (χ0v) is 14.1. The summed E-state index contributed by atoms with van der Waals surface area (Å²) in [6.07, 6.45) is 14.7. The molecule has 4 rings (SSSR count). The lowest BCUT2D eigenvalue weighted by atomic mass is 10.1. The Kier molecular flexibility index (Phi) is 4.05. The van der Waals surface area contributed by atoms with E-state index in [0.717, 1.165) is 31.4 Å². The van der Waals surface area contributed by atoms with Gasteiger partial charge in [-0.1, -0.05) is 25.2 Å². The highest BCUT2D eigenvalue weighted by Gasteiger charge is 2.13. The van der Waals surface area contributed by atoms with Crippen LogP contribution in [0.25, 0.3) is 22.6 Å². The second kappa shape index (κ2) is 6.51. The Morgan fingerprint density at radius 2 is 2.28 bits per heavy atom. The average molecular weight is 336 g/mol. The molecule has 7 heteroatoms. The van der Waals surface area contributed by atoms with Crippen LogP contribution in [0.4, 0.5) is 0 Å². The van der Waals surface area contributed by atoms with Crippen LogP contribution >= 0.6 is 0 Å². The van der Waals surface area contributed by atoms with E-state index in [-0.39, 0.29) is 5.56 Å². The van der Waals surface area contributed by atoms with Crippen molar-refractivity contribution in [2.24, 2.45) is 0 Å². The SMILES string of the molecule is CCCn1cnc2nc(-c3cnn(CC4=CC=CCC4)c3)[nH]c2c1=O. The van der Waals surface area contributed by atoms with Gasteiger partial charge in [0.15, 0.2) is 11.2 Å². The summed E-state index contributed by atoms with van der Waals surface area (Å²) in [5.74, 6) is 0.623. The molecule has 3 aromatic heterocycles. The van der Waals surface area contributed by atoms with Gasteiger partial charge in [0.05, 0.1) is 18.3 Å². The number of aromatic amines is 1. The van der Waals surface area contributed by atoms with Crippen LogP contribution in [0.5, 0.6) is 0 Å². The molecule has 0 spiro atoms. The first-order chi connectivity index (χ1) is 12.2. The Balaban J connectivity index is 1.63. The van der Waals surface area contributed by atoms with Crippen LogP contribution in [0.3, 0.4) is 0 Å². The third-order valence-electron chi connectivity index (χ3n) is 4.32. The summed E-state index contributed by atoms with van der Waals surface area (Å²) in [5, 5.41) is 4.41. The maximum absolute atomic E-state index is 12.4. The number of hydrogen-bond donors (Lipinski definition) is 1. The summed E-state index contributed by atoms with van der Waals surface area (Å²) < 4.78 is 3.51. The summed E-state index contributed by atoms with van der Waals surface area (Å²) in [6.45, 7) is 3.45. The first-order valence-corrected chi connectivity index (χ1v) is 8.57. The molecule has 1 N–H and O–H groups in total. The zero-order valence-electron chi connectivity index (χ0n) is 14.1. The number of allylic oxidation sites excluding steroid dienone is 4. The third kappa shape index (κ3) is 3.05. The van der Waals surface area contributed by atoms with Crippen LogP contribution in [-0.4, -0.2) is 29.3 Å². The standard InChI is InChI=1S/C18H20N6O/c1-2-8-23-12-19-17-15(18(23)25)21-16(22-17)14-9-20-24(11-14)10-13-6-4-3-5-7-13/h3-4,6,9,11-12H,2,5,7-8,10H2,1H3,(H,21,22). The summed E-state index contributed by atoms with van der Waals surface area (Å²) in [5.41, 5.74) is 3.01. The van der Waals surface area contributed by atoms with E-state index in [1.165, 1.54) is 5.57 Å². The second-order valence-corrected chi connectivity index (χ2v) is 6.25.